The van der Waals surface area contributed by atoms with Gasteiger partial charge in [0.1, 0.15) is 0 Å². The molecule has 2 aliphatic rings. The van der Waals surface area contributed by atoms with Crippen LogP contribution in [0, 0.1) is 5.92 Å². The molecule has 2 aliphatic heterocycles. The van der Waals surface area contributed by atoms with Crippen molar-refractivity contribution in [1.82, 2.24) is 14.7 Å². The maximum atomic E-state index is 2.70. The molecule has 0 spiro atoms. The predicted octanol–water partition coefficient (Wildman–Crippen LogP) is 2.52. The second-order valence-corrected chi connectivity index (χ2v) is 8.06. The van der Waals surface area contributed by atoms with Crippen LogP contribution in [0.1, 0.15) is 47.5 Å². The molecule has 0 aromatic carbocycles. The van der Waals surface area contributed by atoms with Crippen LogP contribution in [-0.4, -0.2) is 72.1 Å². The van der Waals surface area contributed by atoms with E-state index in [0.717, 1.165) is 5.92 Å². The predicted molar refractivity (Wildman–Crippen MR) is 87.2 cm³/mol. The Morgan fingerprint density at radius 3 is 2.20 bits per heavy atom. The summed E-state index contributed by atoms with van der Waals surface area (Å²) in [6.45, 7) is 20.7. The molecular formula is C17H35N3. The first-order valence-corrected chi connectivity index (χ1v) is 8.57. The van der Waals surface area contributed by atoms with Crippen LogP contribution in [0.4, 0.5) is 0 Å². The van der Waals surface area contributed by atoms with Crippen LogP contribution < -0.4 is 0 Å². The van der Waals surface area contributed by atoms with Gasteiger partial charge < -0.3 is 4.90 Å². The van der Waals surface area contributed by atoms with Crippen LogP contribution in [0.25, 0.3) is 0 Å². The summed E-state index contributed by atoms with van der Waals surface area (Å²) in [4.78, 5) is 8.00. The Morgan fingerprint density at radius 2 is 1.65 bits per heavy atom. The van der Waals surface area contributed by atoms with Crippen LogP contribution in [0.15, 0.2) is 0 Å². The Balaban J connectivity index is 1.77. The van der Waals surface area contributed by atoms with E-state index in [4.69, 9.17) is 0 Å². The van der Waals surface area contributed by atoms with Crippen molar-refractivity contribution in [3.63, 3.8) is 0 Å². The molecule has 0 amide bonds. The van der Waals surface area contributed by atoms with Gasteiger partial charge in [-0.3, -0.25) is 9.80 Å². The van der Waals surface area contributed by atoms with Gasteiger partial charge in [-0.05, 0) is 59.9 Å². The Hall–Kier alpha value is -0.120. The average Bonchev–Trinajstić information content (AvgIpc) is 2.38. The monoisotopic (exact) mass is 281 g/mol. The molecule has 20 heavy (non-hydrogen) atoms. The average molecular weight is 281 g/mol. The lowest BCUT2D eigenvalue weighted by molar-refractivity contribution is 0.0465. The molecule has 0 aliphatic carbocycles. The molecule has 2 rings (SSSR count). The van der Waals surface area contributed by atoms with E-state index in [1.54, 1.807) is 0 Å². The molecular weight excluding hydrogens is 246 g/mol. The summed E-state index contributed by atoms with van der Waals surface area (Å²) in [5, 5.41) is 0. The number of hydrogen-bond acceptors (Lipinski definition) is 3. The molecule has 0 bridgehead atoms. The molecule has 1 atom stereocenters. The van der Waals surface area contributed by atoms with Gasteiger partial charge in [-0.2, -0.15) is 0 Å². The van der Waals surface area contributed by atoms with Crippen LogP contribution in [0.2, 0.25) is 0 Å². The third-order valence-corrected chi connectivity index (χ3v) is 5.12. The van der Waals surface area contributed by atoms with Gasteiger partial charge in [0.05, 0.1) is 0 Å². The highest BCUT2D eigenvalue weighted by Crippen LogP contribution is 2.24. The number of likely N-dealkylation sites (tertiary alicyclic amines) is 1. The third-order valence-electron chi connectivity index (χ3n) is 5.12. The smallest absolute Gasteiger partial charge is 0.0125 e. The van der Waals surface area contributed by atoms with E-state index in [-0.39, 0.29) is 0 Å². The Labute approximate surface area is 126 Å². The normalized spacial score (nSPS) is 28.2. The molecule has 0 radical (unpaired) electrons. The number of nitrogens with zero attached hydrogens (tertiary/aromatic N) is 3. The van der Waals surface area contributed by atoms with Crippen molar-refractivity contribution < 1.29 is 0 Å². The highest BCUT2D eigenvalue weighted by molar-refractivity contribution is 4.85. The zero-order chi connectivity index (χ0) is 14.8. The number of piperazine rings is 1. The van der Waals surface area contributed by atoms with E-state index in [9.17, 15) is 0 Å². The fourth-order valence-corrected chi connectivity index (χ4v) is 3.65. The summed E-state index contributed by atoms with van der Waals surface area (Å²) in [6.07, 6.45) is 2.81. The SMILES string of the molecule is CC(C)N1CCN(C[C@@H]2CCCN(C(C)(C)C)C2)CC1. The van der Waals surface area contributed by atoms with Crippen molar-refractivity contribution in [2.24, 2.45) is 5.92 Å². The fourth-order valence-electron chi connectivity index (χ4n) is 3.65. The maximum Gasteiger partial charge on any atom is 0.0125 e. The van der Waals surface area contributed by atoms with E-state index in [1.165, 1.54) is 58.7 Å². The van der Waals surface area contributed by atoms with Gasteiger partial charge in [-0.1, -0.05) is 0 Å². The molecule has 0 aromatic heterocycles. The lowest BCUT2D eigenvalue weighted by atomic mass is 9.93. The van der Waals surface area contributed by atoms with Crippen molar-refractivity contribution in [1.29, 1.82) is 0 Å². The van der Waals surface area contributed by atoms with Crippen molar-refractivity contribution in [2.75, 3.05) is 45.8 Å². The van der Waals surface area contributed by atoms with Crippen LogP contribution in [0.5, 0.6) is 0 Å². The maximum absolute atomic E-state index is 2.70. The van der Waals surface area contributed by atoms with Gasteiger partial charge in [0, 0.05) is 50.8 Å². The minimum atomic E-state index is 0.342. The molecule has 0 N–H and O–H groups in total. The lowest BCUT2D eigenvalue weighted by Gasteiger charge is -2.44. The van der Waals surface area contributed by atoms with Gasteiger partial charge in [0.2, 0.25) is 0 Å². The molecule has 2 fully saturated rings. The Kier molecular flexibility index (Phi) is 5.49. The first-order chi connectivity index (χ1) is 9.36. The van der Waals surface area contributed by atoms with E-state index < -0.39 is 0 Å². The first kappa shape index (κ1) is 16.3. The molecule has 2 heterocycles. The molecule has 3 heteroatoms. The van der Waals surface area contributed by atoms with Crippen LogP contribution >= 0.6 is 0 Å². The quantitative estimate of drug-likeness (QED) is 0.787. The summed E-state index contributed by atoms with van der Waals surface area (Å²) in [5.74, 6) is 0.883. The van der Waals surface area contributed by atoms with E-state index >= 15 is 0 Å². The van der Waals surface area contributed by atoms with E-state index in [1.807, 2.05) is 0 Å². The first-order valence-electron chi connectivity index (χ1n) is 8.57. The van der Waals surface area contributed by atoms with Gasteiger partial charge >= 0.3 is 0 Å². The molecule has 0 aromatic rings. The van der Waals surface area contributed by atoms with E-state index in [0.29, 0.717) is 11.6 Å². The minimum Gasteiger partial charge on any atom is -0.300 e. The van der Waals surface area contributed by atoms with Gasteiger partial charge in [0.15, 0.2) is 0 Å². The highest BCUT2D eigenvalue weighted by Gasteiger charge is 2.29. The van der Waals surface area contributed by atoms with Gasteiger partial charge in [0.25, 0.3) is 0 Å². The summed E-state index contributed by atoms with van der Waals surface area (Å²) in [7, 11) is 0. The second kappa shape index (κ2) is 6.76. The highest BCUT2D eigenvalue weighted by atomic mass is 15.3. The largest absolute Gasteiger partial charge is 0.300 e. The molecule has 2 saturated heterocycles. The van der Waals surface area contributed by atoms with Crippen molar-refractivity contribution in [2.45, 2.75) is 59.0 Å². The molecule has 3 nitrogen and oxygen atoms in total. The lowest BCUT2D eigenvalue weighted by Crippen LogP contribution is -2.53. The summed E-state index contributed by atoms with van der Waals surface area (Å²) in [5.41, 5.74) is 0.342. The number of rotatable bonds is 3. The summed E-state index contributed by atoms with van der Waals surface area (Å²) in [6, 6.07) is 0.711. The Morgan fingerprint density at radius 1 is 1.00 bits per heavy atom. The summed E-state index contributed by atoms with van der Waals surface area (Å²) >= 11 is 0. The van der Waals surface area contributed by atoms with Crippen molar-refractivity contribution in [3.05, 3.63) is 0 Å². The molecule has 118 valence electrons. The number of hydrogen-bond donors (Lipinski definition) is 0. The zero-order valence-electron chi connectivity index (χ0n) is 14.4. The standard InChI is InChI=1S/C17H35N3/c1-15(2)19-11-9-18(10-12-19)13-16-7-6-8-20(14-16)17(3,4)5/h15-16H,6-14H2,1-5H3/t16-/m0/s1. The summed E-state index contributed by atoms with van der Waals surface area (Å²) < 4.78 is 0. The zero-order valence-corrected chi connectivity index (χ0v) is 14.4. The van der Waals surface area contributed by atoms with Gasteiger partial charge in [-0.15, -0.1) is 0 Å². The topological polar surface area (TPSA) is 9.72 Å². The van der Waals surface area contributed by atoms with Crippen LogP contribution in [0.3, 0.4) is 0 Å². The molecule has 0 unspecified atom stereocenters. The number of piperidine rings is 1. The minimum absolute atomic E-state index is 0.342. The van der Waals surface area contributed by atoms with Gasteiger partial charge in [-0.25, -0.2) is 0 Å². The van der Waals surface area contributed by atoms with Crippen molar-refractivity contribution >= 4 is 0 Å². The third kappa shape index (κ3) is 4.44. The van der Waals surface area contributed by atoms with Crippen LogP contribution in [-0.2, 0) is 0 Å². The second-order valence-electron chi connectivity index (χ2n) is 8.06. The molecule has 0 saturated carbocycles. The van der Waals surface area contributed by atoms with Crippen molar-refractivity contribution in [3.8, 4) is 0 Å². The van der Waals surface area contributed by atoms with E-state index in [2.05, 4.69) is 49.3 Å². The Bertz CT molecular complexity index is 287. The fraction of sp³-hybridized carbons (Fsp3) is 1.00.